The monoisotopic (exact) mass is 264 g/mol. The maximum atomic E-state index is 13.4. The Morgan fingerprint density at radius 3 is 3.06 bits per heavy atom. The molecule has 0 bridgehead atoms. The first-order valence-electron chi connectivity index (χ1n) is 5.19. The largest absolute Gasteiger partial charge is 0.343 e. The van der Waals surface area contributed by atoms with Crippen molar-refractivity contribution in [2.24, 2.45) is 0 Å². The number of aromatic amines is 1. The zero-order valence-corrected chi connectivity index (χ0v) is 10.3. The zero-order chi connectivity index (χ0) is 13.1. The van der Waals surface area contributed by atoms with Crippen molar-refractivity contribution in [3.63, 3.8) is 0 Å². The summed E-state index contributed by atoms with van der Waals surface area (Å²) >= 11 is 1.08. The van der Waals surface area contributed by atoms with Gasteiger partial charge in [0, 0.05) is 11.4 Å². The van der Waals surface area contributed by atoms with E-state index in [4.69, 9.17) is 5.26 Å². The van der Waals surface area contributed by atoms with E-state index in [1.54, 1.807) is 13.0 Å². The van der Waals surface area contributed by atoms with Crippen LogP contribution < -0.4 is 5.69 Å². The van der Waals surface area contributed by atoms with E-state index in [0.29, 0.717) is 16.6 Å². The van der Waals surface area contributed by atoms with Gasteiger partial charge in [0.15, 0.2) is 5.16 Å². The van der Waals surface area contributed by atoms with Gasteiger partial charge in [-0.05, 0) is 30.8 Å². The van der Waals surface area contributed by atoms with Crippen LogP contribution in [-0.2, 0) is 6.54 Å². The van der Waals surface area contributed by atoms with Crippen LogP contribution in [0.1, 0.15) is 12.5 Å². The molecule has 1 aromatic carbocycles. The van der Waals surface area contributed by atoms with E-state index in [1.807, 2.05) is 6.07 Å². The molecule has 0 atom stereocenters. The van der Waals surface area contributed by atoms with Crippen molar-refractivity contribution >= 4 is 11.8 Å². The Hall–Kier alpha value is -2.07. The van der Waals surface area contributed by atoms with Crippen LogP contribution in [0.4, 0.5) is 4.39 Å². The first kappa shape index (κ1) is 12.4. The van der Waals surface area contributed by atoms with Gasteiger partial charge in [-0.25, -0.2) is 14.3 Å². The molecule has 7 heteroatoms. The number of rotatable bonds is 3. The summed E-state index contributed by atoms with van der Waals surface area (Å²) in [5, 5.41) is 15.5. The molecule has 0 radical (unpaired) electrons. The fraction of sp³-hybridized carbons (Fsp3) is 0.182. The molecule has 92 valence electrons. The standard InChI is InChI=1S/C11H9FN4OS/c1-2-16-10(17)14-15-11(16)18-9-5-3-4-8(12)7(9)6-13/h3-5H,2H2,1H3,(H,14,17). The zero-order valence-electron chi connectivity index (χ0n) is 9.48. The molecule has 1 heterocycles. The number of nitrogens with one attached hydrogen (secondary N) is 1. The molecular formula is C11H9FN4OS. The average Bonchev–Trinajstić information content (AvgIpc) is 2.70. The van der Waals surface area contributed by atoms with E-state index in [2.05, 4.69) is 10.2 Å². The van der Waals surface area contributed by atoms with Crippen LogP contribution in [0.2, 0.25) is 0 Å². The minimum atomic E-state index is -0.580. The summed E-state index contributed by atoms with van der Waals surface area (Å²) in [7, 11) is 0. The number of benzene rings is 1. The average molecular weight is 264 g/mol. The molecule has 0 unspecified atom stereocenters. The quantitative estimate of drug-likeness (QED) is 0.916. The summed E-state index contributed by atoms with van der Waals surface area (Å²) in [4.78, 5) is 11.8. The Labute approximate surface area is 106 Å². The lowest BCUT2D eigenvalue weighted by Gasteiger charge is -2.04. The summed E-state index contributed by atoms with van der Waals surface area (Å²) in [6, 6.07) is 6.16. The summed E-state index contributed by atoms with van der Waals surface area (Å²) < 4.78 is 14.8. The van der Waals surface area contributed by atoms with Gasteiger partial charge in [0.1, 0.15) is 17.4 Å². The summed E-state index contributed by atoms with van der Waals surface area (Å²) in [6.45, 7) is 2.26. The Balaban J connectivity index is 2.44. The Morgan fingerprint density at radius 1 is 1.61 bits per heavy atom. The third kappa shape index (κ3) is 2.15. The lowest BCUT2D eigenvalue weighted by molar-refractivity contribution is 0.619. The molecule has 0 aliphatic rings. The van der Waals surface area contributed by atoms with Gasteiger partial charge < -0.3 is 0 Å². The highest BCUT2D eigenvalue weighted by molar-refractivity contribution is 7.99. The number of hydrogen-bond acceptors (Lipinski definition) is 4. The first-order valence-corrected chi connectivity index (χ1v) is 6.00. The Morgan fingerprint density at radius 2 is 2.39 bits per heavy atom. The van der Waals surface area contributed by atoms with Crippen LogP contribution in [0.5, 0.6) is 0 Å². The lowest BCUT2D eigenvalue weighted by atomic mass is 10.2. The van der Waals surface area contributed by atoms with Crippen LogP contribution in [0.25, 0.3) is 0 Å². The summed E-state index contributed by atoms with van der Waals surface area (Å²) in [5.41, 5.74) is -0.365. The third-order valence-corrected chi connectivity index (χ3v) is 3.38. The van der Waals surface area contributed by atoms with Gasteiger partial charge in [0.05, 0.1) is 0 Å². The van der Waals surface area contributed by atoms with Gasteiger partial charge in [-0.15, -0.1) is 5.10 Å². The molecule has 2 aromatic rings. The second kappa shape index (κ2) is 5.06. The minimum Gasteiger partial charge on any atom is -0.270 e. The number of nitriles is 1. The van der Waals surface area contributed by atoms with Crippen LogP contribution in [0.15, 0.2) is 33.0 Å². The van der Waals surface area contributed by atoms with Crippen molar-refractivity contribution in [2.45, 2.75) is 23.5 Å². The highest BCUT2D eigenvalue weighted by atomic mass is 32.2. The fourth-order valence-corrected chi connectivity index (χ4v) is 2.46. The first-order chi connectivity index (χ1) is 8.67. The van der Waals surface area contributed by atoms with Crippen molar-refractivity contribution in [1.29, 1.82) is 5.26 Å². The predicted molar refractivity (Wildman–Crippen MR) is 63.8 cm³/mol. The van der Waals surface area contributed by atoms with Gasteiger partial charge in [0.2, 0.25) is 0 Å². The molecule has 0 spiro atoms. The Kier molecular flexibility index (Phi) is 3.48. The molecule has 0 amide bonds. The van der Waals surface area contributed by atoms with Gasteiger partial charge in [0.25, 0.3) is 0 Å². The number of aromatic nitrogens is 3. The van der Waals surface area contributed by atoms with E-state index in [1.165, 1.54) is 16.7 Å². The molecule has 0 saturated carbocycles. The van der Waals surface area contributed by atoms with E-state index >= 15 is 0 Å². The molecule has 0 saturated heterocycles. The van der Waals surface area contributed by atoms with Gasteiger partial charge in [-0.2, -0.15) is 5.26 Å². The van der Waals surface area contributed by atoms with Gasteiger partial charge in [-0.1, -0.05) is 6.07 Å². The molecule has 0 aliphatic carbocycles. The van der Waals surface area contributed by atoms with Crippen LogP contribution >= 0.6 is 11.8 Å². The van der Waals surface area contributed by atoms with Crippen LogP contribution in [0, 0.1) is 17.1 Å². The summed E-state index contributed by atoms with van der Waals surface area (Å²) in [6.07, 6.45) is 0. The normalized spacial score (nSPS) is 10.3. The number of halogens is 1. The van der Waals surface area contributed by atoms with E-state index in [0.717, 1.165) is 11.8 Å². The van der Waals surface area contributed by atoms with Crippen molar-refractivity contribution in [3.8, 4) is 6.07 Å². The van der Waals surface area contributed by atoms with Gasteiger partial charge in [-0.3, -0.25) is 4.57 Å². The van der Waals surface area contributed by atoms with Gasteiger partial charge >= 0.3 is 5.69 Å². The van der Waals surface area contributed by atoms with Crippen molar-refractivity contribution in [2.75, 3.05) is 0 Å². The van der Waals surface area contributed by atoms with E-state index in [-0.39, 0.29) is 11.3 Å². The SMILES string of the molecule is CCn1c(Sc2cccc(F)c2C#N)n[nH]c1=O. The molecule has 1 N–H and O–H groups in total. The van der Waals surface area contributed by atoms with E-state index < -0.39 is 5.82 Å². The van der Waals surface area contributed by atoms with Crippen molar-refractivity contribution in [1.82, 2.24) is 14.8 Å². The fourth-order valence-electron chi connectivity index (χ4n) is 1.46. The number of hydrogen-bond donors (Lipinski definition) is 1. The minimum absolute atomic E-state index is 0.0411. The third-order valence-electron chi connectivity index (χ3n) is 2.33. The maximum absolute atomic E-state index is 13.4. The number of nitrogens with zero attached hydrogens (tertiary/aromatic N) is 3. The Bertz CT molecular complexity index is 670. The molecule has 0 aliphatic heterocycles. The topological polar surface area (TPSA) is 74.5 Å². The molecule has 1 aromatic heterocycles. The van der Waals surface area contributed by atoms with Crippen LogP contribution in [0.3, 0.4) is 0 Å². The predicted octanol–water partition coefficient (Wildman–Crippen LogP) is 1.75. The maximum Gasteiger partial charge on any atom is 0.343 e. The highest BCUT2D eigenvalue weighted by Gasteiger charge is 2.13. The van der Waals surface area contributed by atoms with Crippen LogP contribution in [-0.4, -0.2) is 14.8 Å². The molecule has 0 fully saturated rings. The molecular weight excluding hydrogens is 255 g/mol. The summed E-state index contributed by atoms with van der Waals surface area (Å²) in [5.74, 6) is -0.580. The van der Waals surface area contributed by atoms with E-state index in [9.17, 15) is 9.18 Å². The smallest absolute Gasteiger partial charge is 0.270 e. The second-order valence-electron chi connectivity index (χ2n) is 3.38. The second-order valence-corrected chi connectivity index (χ2v) is 4.39. The lowest BCUT2D eigenvalue weighted by Crippen LogP contribution is -2.16. The molecule has 18 heavy (non-hydrogen) atoms. The molecule has 5 nitrogen and oxygen atoms in total. The highest BCUT2D eigenvalue weighted by Crippen LogP contribution is 2.29. The van der Waals surface area contributed by atoms with Crippen molar-refractivity contribution in [3.05, 3.63) is 40.1 Å². The number of H-pyrrole nitrogens is 1. The molecule has 2 rings (SSSR count). The van der Waals surface area contributed by atoms with Crippen molar-refractivity contribution < 1.29 is 4.39 Å².